The summed E-state index contributed by atoms with van der Waals surface area (Å²) < 4.78 is 31.7. The zero-order valence-corrected chi connectivity index (χ0v) is 13.1. The van der Waals surface area contributed by atoms with E-state index in [-0.39, 0.29) is 27.6 Å². The summed E-state index contributed by atoms with van der Waals surface area (Å²) in [5.41, 5.74) is 0.336. The largest absolute Gasteiger partial charge is 0.482 e. The molecule has 0 bridgehead atoms. The van der Waals surface area contributed by atoms with E-state index >= 15 is 0 Å². The Morgan fingerprint density at radius 1 is 1.52 bits per heavy atom. The lowest BCUT2D eigenvalue weighted by molar-refractivity contribution is -0.138. The maximum Gasteiger partial charge on any atom is 0.321 e. The Bertz CT molecular complexity index is 718. The van der Waals surface area contributed by atoms with E-state index in [1.807, 2.05) is 4.72 Å². The number of nitrogens with one attached hydrogen (secondary N) is 2. The van der Waals surface area contributed by atoms with E-state index in [0.29, 0.717) is 5.69 Å². The predicted molar refractivity (Wildman–Crippen MR) is 75.7 cm³/mol. The highest BCUT2D eigenvalue weighted by Crippen LogP contribution is 2.35. The number of hydrogen-bond acceptors (Lipinski definition) is 5. The van der Waals surface area contributed by atoms with Crippen molar-refractivity contribution in [2.75, 3.05) is 11.9 Å². The molecule has 3 N–H and O–H groups in total. The van der Waals surface area contributed by atoms with Crippen molar-refractivity contribution in [3.8, 4) is 5.75 Å². The second kappa shape index (κ2) is 5.62. The molecule has 1 aromatic carbocycles. The summed E-state index contributed by atoms with van der Waals surface area (Å²) in [6.07, 6.45) is 0. The molecule has 0 radical (unpaired) electrons. The lowest BCUT2D eigenvalue weighted by Gasteiger charge is -2.20. The molecule has 0 spiro atoms. The van der Waals surface area contributed by atoms with Gasteiger partial charge >= 0.3 is 5.97 Å². The van der Waals surface area contributed by atoms with Crippen molar-refractivity contribution in [3.63, 3.8) is 0 Å². The summed E-state index contributed by atoms with van der Waals surface area (Å²) in [4.78, 5) is 21.8. The van der Waals surface area contributed by atoms with Gasteiger partial charge in [0, 0.05) is 10.5 Å². The summed E-state index contributed by atoms with van der Waals surface area (Å²) in [5.74, 6) is -1.44. The lowest BCUT2D eigenvalue weighted by atomic mass is 10.2. The van der Waals surface area contributed by atoms with Gasteiger partial charge in [-0.05, 0) is 28.9 Å². The Balaban J connectivity index is 2.40. The summed E-state index contributed by atoms with van der Waals surface area (Å²) in [7, 11) is -4.05. The van der Waals surface area contributed by atoms with Gasteiger partial charge in [0.1, 0.15) is 16.7 Å². The van der Waals surface area contributed by atoms with E-state index < -0.39 is 22.0 Å². The van der Waals surface area contributed by atoms with Crippen molar-refractivity contribution in [2.45, 2.75) is 17.9 Å². The minimum absolute atomic E-state index is 0.175. The zero-order valence-electron chi connectivity index (χ0n) is 10.7. The van der Waals surface area contributed by atoms with Gasteiger partial charge in [0.05, 0.1) is 5.69 Å². The summed E-state index contributed by atoms with van der Waals surface area (Å²) in [6, 6.07) is 1.32. The van der Waals surface area contributed by atoms with Crippen LogP contribution in [-0.4, -0.2) is 38.0 Å². The lowest BCUT2D eigenvalue weighted by Crippen LogP contribution is -2.38. The van der Waals surface area contributed by atoms with E-state index in [9.17, 15) is 18.0 Å². The predicted octanol–water partition coefficient (Wildman–Crippen LogP) is 0.531. The van der Waals surface area contributed by atoms with Crippen molar-refractivity contribution in [2.24, 2.45) is 0 Å². The molecule has 1 atom stereocenters. The number of sulfonamides is 1. The van der Waals surface area contributed by atoms with Crippen LogP contribution in [0.15, 0.2) is 21.5 Å². The first-order chi connectivity index (χ1) is 9.70. The number of hydrogen-bond donors (Lipinski definition) is 3. The first-order valence-corrected chi connectivity index (χ1v) is 7.99. The maximum absolute atomic E-state index is 12.2. The van der Waals surface area contributed by atoms with Gasteiger partial charge in [-0.2, -0.15) is 4.72 Å². The van der Waals surface area contributed by atoms with Crippen molar-refractivity contribution in [1.29, 1.82) is 0 Å². The molecule has 2 rings (SSSR count). The average Bonchev–Trinajstić information content (AvgIpc) is 2.36. The van der Waals surface area contributed by atoms with Crippen LogP contribution >= 0.6 is 15.9 Å². The van der Waals surface area contributed by atoms with Gasteiger partial charge in [0.15, 0.2) is 6.61 Å². The summed E-state index contributed by atoms with van der Waals surface area (Å²) in [6.45, 7) is 0.996. The van der Waals surface area contributed by atoms with Crippen LogP contribution in [0.1, 0.15) is 6.92 Å². The SMILES string of the molecule is C[C@H](NS(=O)(=O)c1cc2c(cc1Br)NC(=O)CO2)C(=O)O. The molecular weight excluding hydrogens is 368 g/mol. The maximum atomic E-state index is 12.2. The van der Waals surface area contributed by atoms with E-state index in [0.717, 1.165) is 0 Å². The van der Waals surface area contributed by atoms with Crippen molar-refractivity contribution in [3.05, 3.63) is 16.6 Å². The van der Waals surface area contributed by atoms with Crippen LogP contribution in [-0.2, 0) is 19.6 Å². The van der Waals surface area contributed by atoms with Gasteiger partial charge in [0.25, 0.3) is 5.91 Å². The van der Waals surface area contributed by atoms with Crippen LogP contribution in [0.2, 0.25) is 0 Å². The number of carboxylic acids is 1. The van der Waals surface area contributed by atoms with E-state index in [1.54, 1.807) is 0 Å². The topological polar surface area (TPSA) is 122 Å². The summed E-state index contributed by atoms with van der Waals surface area (Å²) in [5, 5.41) is 11.3. The number of fused-ring (bicyclic) bond motifs is 1. The second-order valence-corrected chi connectivity index (χ2v) is 6.83. The monoisotopic (exact) mass is 378 g/mol. The Kier molecular flexibility index (Phi) is 4.21. The molecule has 1 aliphatic rings. The van der Waals surface area contributed by atoms with Gasteiger partial charge in [-0.25, -0.2) is 8.42 Å². The fourth-order valence-corrected chi connectivity index (χ4v) is 3.89. The quantitative estimate of drug-likeness (QED) is 0.702. The van der Waals surface area contributed by atoms with Gasteiger partial charge < -0.3 is 15.2 Å². The first kappa shape index (κ1) is 15.7. The number of rotatable bonds is 4. The minimum Gasteiger partial charge on any atom is -0.482 e. The highest BCUT2D eigenvalue weighted by Gasteiger charge is 2.27. The number of carboxylic acid groups (broad SMARTS) is 1. The smallest absolute Gasteiger partial charge is 0.321 e. The highest BCUT2D eigenvalue weighted by atomic mass is 79.9. The molecular formula is C11H11BrN2O6S. The Hall–Kier alpha value is -1.65. The Morgan fingerprint density at radius 2 is 2.19 bits per heavy atom. The van der Waals surface area contributed by atoms with Crippen LogP contribution in [0.5, 0.6) is 5.75 Å². The van der Waals surface area contributed by atoms with Crippen LogP contribution < -0.4 is 14.8 Å². The third-order valence-corrected chi connectivity index (χ3v) is 5.16. The second-order valence-electron chi connectivity index (χ2n) is 4.30. The van der Waals surface area contributed by atoms with Crippen LogP contribution in [0, 0.1) is 0 Å². The van der Waals surface area contributed by atoms with E-state index in [4.69, 9.17) is 9.84 Å². The molecule has 1 amide bonds. The van der Waals surface area contributed by atoms with E-state index in [2.05, 4.69) is 21.2 Å². The Morgan fingerprint density at radius 3 is 2.81 bits per heavy atom. The molecule has 0 aromatic heterocycles. The third kappa shape index (κ3) is 3.34. The number of halogens is 1. The van der Waals surface area contributed by atoms with Gasteiger partial charge in [0.2, 0.25) is 10.0 Å². The third-order valence-electron chi connectivity index (χ3n) is 2.66. The van der Waals surface area contributed by atoms with Gasteiger partial charge in [-0.1, -0.05) is 0 Å². The average molecular weight is 379 g/mol. The number of aliphatic carboxylic acids is 1. The Labute approximate surface area is 128 Å². The number of carbonyl (C=O) groups excluding carboxylic acids is 1. The minimum atomic E-state index is -4.05. The van der Waals surface area contributed by atoms with Crippen LogP contribution in [0.25, 0.3) is 0 Å². The normalized spacial score (nSPS) is 15.6. The van der Waals surface area contributed by atoms with Crippen molar-refractivity contribution in [1.82, 2.24) is 4.72 Å². The molecule has 0 saturated carbocycles. The standard InChI is InChI=1S/C11H11BrN2O6S/c1-5(11(16)17)14-21(18,19)9-3-8-7(2-6(9)12)13-10(15)4-20-8/h2-3,5,14H,4H2,1H3,(H,13,15)(H,16,17)/t5-/m0/s1. The van der Waals surface area contributed by atoms with Crippen LogP contribution in [0.3, 0.4) is 0 Å². The molecule has 0 aliphatic carbocycles. The van der Waals surface area contributed by atoms with Gasteiger partial charge in [-0.3, -0.25) is 9.59 Å². The number of benzene rings is 1. The van der Waals surface area contributed by atoms with Gasteiger partial charge in [-0.15, -0.1) is 0 Å². The fraction of sp³-hybridized carbons (Fsp3) is 0.273. The molecule has 1 heterocycles. The number of amides is 1. The summed E-state index contributed by atoms with van der Waals surface area (Å²) >= 11 is 3.08. The molecule has 10 heteroatoms. The van der Waals surface area contributed by atoms with Crippen LogP contribution in [0.4, 0.5) is 5.69 Å². The fourth-order valence-electron chi connectivity index (χ4n) is 1.63. The van der Waals surface area contributed by atoms with Crippen molar-refractivity contribution < 1.29 is 27.9 Å². The molecule has 0 fully saturated rings. The van der Waals surface area contributed by atoms with E-state index in [1.165, 1.54) is 19.1 Å². The molecule has 0 saturated heterocycles. The first-order valence-electron chi connectivity index (χ1n) is 5.72. The number of carbonyl (C=O) groups is 2. The molecule has 1 aliphatic heterocycles. The zero-order chi connectivity index (χ0) is 15.8. The molecule has 8 nitrogen and oxygen atoms in total. The molecule has 114 valence electrons. The molecule has 0 unspecified atom stereocenters. The highest BCUT2D eigenvalue weighted by molar-refractivity contribution is 9.10. The van der Waals surface area contributed by atoms with Crippen molar-refractivity contribution >= 4 is 43.5 Å². The number of anilines is 1. The molecule has 21 heavy (non-hydrogen) atoms. The molecule has 1 aromatic rings. The number of ether oxygens (including phenoxy) is 1.